The lowest BCUT2D eigenvalue weighted by Crippen LogP contribution is -2.00. The van der Waals surface area contributed by atoms with E-state index in [1.807, 2.05) is 11.3 Å². The third-order valence-corrected chi connectivity index (χ3v) is 10.7. The number of hydrogen-bond acceptors (Lipinski definition) is 1. The van der Waals surface area contributed by atoms with Crippen molar-refractivity contribution in [1.82, 2.24) is 9.13 Å². The Morgan fingerprint density at radius 2 is 0.978 bits per heavy atom. The molecule has 10 aromatic rings. The summed E-state index contributed by atoms with van der Waals surface area (Å²) in [6, 6.07) is 55.7. The number of rotatable bonds is 3. The number of aryl methyl sites for hydroxylation is 1. The van der Waals surface area contributed by atoms with Gasteiger partial charge in [-0.1, -0.05) is 91.0 Å². The van der Waals surface area contributed by atoms with Gasteiger partial charge >= 0.3 is 0 Å². The largest absolute Gasteiger partial charge is 0.309 e. The monoisotopic (exact) mass is 604 g/mol. The number of fused-ring (bicyclic) bond motifs is 10. The van der Waals surface area contributed by atoms with Gasteiger partial charge in [-0.25, -0.2) is 0 Å². The van der Waals surface area contributed by atoms with E-state index in [-0.39, 0.29) is 0 Å². The molecule has 0 bridgehead atoms. The molecule has 0 aliphatic carbocycles. The number of aromatic nitrogens is 2. The zero-order valence-electron chi connectivity index (χ0n) is 25.2. The molecule has 0 unspecified atom stereocenters. The highest BCUT2D eigenvalue weighted by atomic mass is 32.1. The summed E-state index contributed by atoms with van der Waals surface area (Å²) >= 11 is 1.88. The van der Waals surface area contributed by atoms with E-state index >= 15 is 0 Å². The van der Waals surface area contributed by atoms with Gasteiger partial charge in [-0.15, -0.1) is 11.3 Å². The van der Waals surface area contributed by atoms with Crippen LogP contribution in [0, 0.1) is 6.92 Å². The predicted molar refractivity (Wildman–Crippen MR) is 198 cm³/mol. The van der Waals surface area contributed by atoms with Crippen LogP contribution in [0.1, 0.15) is 5.56 Å². The summed E-state index contributed by atoms with van der Waals surface area (Å²) in [4.78, 5) is 0. The number of para-hydroxylation sites is 2. The van der Waals surface area contributed by atoms with Crippen molar-refractivity contribution in [3.8, 4) is 22.5 Å². The third kappa shape index (κ3) is 3.64. The van der Waals surface area contributed by atoms with E-state index in [9.17, 15) is 0 Å². The van der Waals surface area contributed by atoms with E-state index in [0.717, 1.165) is 0 Å². The Hall–Kier alpha value is -5.64. The minimum atomic E-state index is 1.17. The second-order valence-corrected chi connectivity index (χ2v) is 13.3. The Kier molecular flexibility index (Phi) is 5.40. The first-order chi connectivity index (χ1) is 22.7. The molecular formula is C43H28N2S. The fourth-order valence-electron chi connectivity index (χ4n) is 7.62. The van der Waals surface area contributed by atoms with Crippen LogP contribution in [-0.2, 0) is 0 Å². The Balaban J connectivity index is 1.32. The van der Waals surface area contributed by atoms with Crippen LogP contribution in [0.4, 0.5) is 0 Å². The molecule has 3 heteroatoms. The van der Waals surface area contributed by atoms with Crippen molar-refractivity contribution in [3.63, 3.8) is 0 Å². The van der Waals surface area contributed by atoms with Crippen molar-refractivity contribution in [1.29, 1.82) is 0 Å². The van der Waals surface area contributed by atoms with Crippen LogP contribution < -0.4 is 0 Å². The molecule has 46 heavy (non-hydrogen) atoms. The standard InChI is InChI=1S/C43H28N2S/c1-27-23-30(44-36-16-8-5-13-32(36)33-14-6-9-17-37(33)44)26-31(24-27)45-38-20-19-29(28-11-3-2-4-12-28)25-35(38)42-39(45)21-22-41-43(42)34-15-7-10-18-40(34)46-41/h2-26H,1H3. The van der Waals surface area contributed by atoms with Crippen LogP contribution in [0.3, 0.4) is 0 Å². The molecule has 10 rings (SSSR count). The van der Waals surface area contributed by atoms with E-state index in [1.54, 1.807) is 0 Å². The highest BCUT2D eigenvalue weighted by Crippen LogP contribution is 2.44. The average molecular weight is 605 g/mol. The van der Waals surface area contributed by atoms with Gasteiger partial charge in [-0.3, -0.25) is 0 Å². The molecule has 3 heterocycles. The molecule has 3 aromatic heterocycles. The number of hydrogen-bond donors (Lipinski definition) is 0. The first-order valence-electron chi connectivity index (χ1n) is 15.8. The molecule has 7 aromatic carbocycles. The fraction of sp³-hybridized carbons (Fsp3) is 0.0233. The van der Waals surface area contributed by atoms with Gasteiger partial charge in [-0.2, -0.15) is 0 Å². The van der Waals surface area contributed by atoms with Gasteiger partial charge in [0.25, 0.3) is 0 Å². The molecule has 0 spiro atoms. The summed E-state index contributed by atoms with van der Waals surface area (Å²) in [6.07, 6.45) is 0. The predicted octanol–water partition coefficient (Wildman–Crippen LogP) is 12.2. The molecule has 0 saturated carbocycles. The molecule has 0 aliphatic rings. The zero-order valence-corrected chi connectivity index (χ0v) is 26.1. The maximum Gasteiger partial charge on any atom is 0.0548 e. The lowest BCUT2D eigenvalue weighted by molar-refractivity contribution is 1.12. The van der Waals surface area contributed by atoms with Crippen LogP contribution in [0.2, 0.25) is 0 Å². The van der Waals surface area contributed by atoms with Gasteiger partial charge in [-0.05, 0) is 84.3 Å². The molecule has 216 valence electrons. The fourth-order valence-corrected chi connectivity index (χ4v) is 8.73. The van der Waals surface area contributed by atoms with Crippen molar-refractivity contribution in [2.45, 2.75) is 6.92 Å². The van der Waals surface area contributed by atoms with Crippen molar-refractivity contribution >= 4 is 75.1 Å². The summed E-state index contributed by atoms with van der Waals surface area (Å²) in [5, 5.41) is 7.83. The number of nitrogens with zero attached hydrogens (tertiary/aromatic N) is 2. The van der Waals surface area contributed by atoms with Crippen molar-refractivity contribution in [2.24, 2.45) is 0 Å². The molecule has 0 saturated heterocycles. The van der Waals surface area contributed by atoms with Gasteiger partial charge in [0.15, 0.2) is 0 Å². The maximum absolute atomic E-state index is 2.48. The maximum atomic E-state index is 2.48. The van der Waals surface area contributed by atoms with Crippen LogP contribution in [0.25, 0.3) is 86.3 Å². The Morgan fingerprint density at radius 1 is 0.391 bits per heavy atom. The molecule has 0 radical (unpaired) electrons. The molecule has 0 aliphatic heterocycles. The van der Waals surface area contributed by atoms with Gasteiger partial charge < -0.3 is 9.13 Å². The summed E-state index contributed by atoms with van der Waals surface area (Å²) in [5.41, 5.74) is 10.9. The minimum absolute atomic E-state index is 1.17. The molecule has 0 amide bonds. The van der Waals surface area contributed by atoms with E-state index in [0.29, 0.717) is 0 Å². The third-order valence-electron chi connectivity index (χ3n) is 9.52. The highest BCUT2D eigenvalue weighted by molar-refractivity contribution is 7.26. The summed E-state index contributed by atoms with van der Waals surface area (Å²) in [5.74, 6) is 0. The summed E-state index contributed by atoms with van der Waals surface area (Å²) < 4.78 is 7.56. The van der Waals surface area contributed by atoms with Crippen molar-refractivity contribution < 1.29 is 0 Å². The van der Waals surface area contributed by atoms with Gasteiger partial charge in [0.05, 0.1) is 22.1 Å². The normalized spacial score (nSPS) is 12.0. The van der Waals surface area contributed by atoms with Crippen LogP contribution in [0.5, 0.6) is 0 Å². The highest BCUT2D eigenvalue weighted by Gasteiger charge is 2.20. The van der Waals surface area contributed by atoms with Gasteiger partial charge in [0, 0.05) is 53.1 Å². The van der Waals surface area contributed by atoms with E-state index in [2.05, 4.69) is 168 Å². The van der Waals surface area contributed by atoms with E-state index in [1.165, 1.54) is 91.8 Å². The lowest BCUT2D eigenvalue weighted by atomic mass is 10.0. The van der Waals surface area contributed by atoms with Crippen LogP contribution in [-0.4, -0.2) is 9.13 Å². The van der Waals surface area contributed by atoms with E-state index < -0.39 is 0 Å². The van der Waals surface area contributed by atoms with E-state index in [4.69, 9.17) is 0 Å². The van der Waals surface area contributed by atoms with Gasteiger partial charge in [0.2, 0.25) is 0 Å². The second kappa shape index (κ2) is 9.68. The second-order valence-electron chi connectivity index (χ2n) is 12.3. The number of thiophene rings is 1. The van der Waals surface area contributed by atoms with Crippen LogP contribution in [0.15, 0.2) is 152 Å². The Morgan fingerprint density at radius 3 is 1.72 bits per heavy atom. The summed E-state index contributed by atoms with van der Waals surface area (Å²) in [7, 11) is 0. The molecule has 2 nitrogen and oxygen atoms in total. The molecule has 0 atom stereocenters. The average Bonchev–Trinajstić information content (AvgIpc) is 3.75. The van der Waals surface area contributed by atoms with Gasteiger partial charge in [0.1, 0.15) is 0 Å². The van der Waals surface area contributed by atoms with Crippen molar-refractivity contribution in [2.75, 3.05) is 0 Å². The molecular weight excluding hydrogens is 577 g/mol. The Bertz CT molecular complexity index is 2760. The topological polar surface area (TPSA) is 9.86 Å². The first-order valence-corrected chi connectivity index (χ1v) is 16.6. The zero-order chi connectivity index (χ0) is 30.4. The SMILES string of the molecule is Cc1cc(-n2c3ccccc3c3ccccc32)cc(-n2c3ccc(-c4ccccc4)cc3c3c4c(ccc32)sc2ccccc24)c1. The quantitative estimate of drug-likeness (QED) is 0.190. The lowest BCUT2D eigenvalue weighted by Gasteiger charge is -2.14. The molecule has 0 N–H and O–H groups in total. The smallest absolute Gasteiger partial charge is 0.0548 e. The minimum Gasteiger partial charge on any atom is -0.309 e. The molecule has 0 fully saturated rings. The van der Waals surface area contributed by atoms with Crippen LogP contribution >= 0.6 is 11.3 Å². The number of benzene rings is 7. The van der Waals surface area contributed by atoms with Crippen molar-refractivity contribution in [3.05, 3.63) is 157 Å². The first kappa shape index (κ1) is 25.7. The Labute approximate surface area is 270 Å². The summed E-state index contributed by atoms with van der Waals surface area (Å²) in [6.45, 7) is 2.22.